The molecule has 1 saturated heterocycles. The summed E-state index contributed by atoms with van der Waals surface area (Å²) in [5.41, 5.74) is 1.16. The van der Waals surface area contributed by atoms with Crippen LogP contribution >= 0.6 is 11.6 Å². The molecule has 132 valence electrons. The first-order valence-electron chi connectivity index (χ1n) is 8.44. The molecule has 7 heteroatoms. The van der Waals surface area contributed by atoms with E-state index in [1.807, 2.05) is 0 Å². The second-order valence-corrected chi connectivity index (χ2v) is 6.85. The summed E-state index contributed by atoms with van der Waals surface area (Å²) in [6.07, 6.45) is 2.64. The largest absolute Gasteiger partial charge is 0.338 e. The summed E-state index contributed by atoms with van der Waals surface area (Å²) in [5, 5.41) is 0.583. The molecule has 2 aliphatic heterocycles. The third kappa shape index (κ3) is 2.76. The first-order valence-corrected chi connectivity index (χ1v) is 8.82. The first-order chi connectivity index (χ1) is 12.6. The number of imide groups is 1. The van der Waals surface area contributed by atoms with E-state index in [9.17, 15) is 14.4 Å². The number of aromatic nitrogens is 1. The van der Waals surface area contributed by atoms with Crippen molar-refractivity contribution < 1.29 is 14.4 Å². The van der Waals surface area contributed by atoms with Crippen LogP contribution in [0, 0.1) is 0 Å². The smallest absolute Gasteiger partial charge is 0.280 e. The summed E-state index contributed by atoms with van der Waals surface area (Å²) in [5.74, 6) is -0.696. The van der Waals surface area contributed by atoms with Crippen LogP contribution in [0.3, 0.4) is 0 Å². The third-order valence-electron chi connectivity index (χ3n) is 4.89. The molecule has 3 amide bonds. The Hall–Kier alpha value is -2.73. The molecule has 0 unspecified atom stereocenters. The molecule has 1 aromatic carbocycles. The lowest BCUT2D eigenvalue weighted by molar-refractivity contribution is 0.0477. The minimum atomic E-state index is -0.340. The van der Waals surface area contributed by atoms with Crippen LogP contribution in [-0.2, 0) is 0 Å². The summed E-state index contributed by atoms with van der Waals surface area (Å²) in [7, 11) is 0. The van der Waals surface area contributed by atoms with Gasteiger partial charge in [0.25, 0.3) is 17.7 Å². The molecule has 0 spiro atoms. The van der Waals surface area contributed by atoms with Crippen molar-refractivity contribution in [2.75, 3.05) is 13.1 Å². The molecule has 0 radical (unpaired) electrons. The Bertz CT molecular complexity index is 854. The number of carbonyl (C=O) groups excluding carboxylic acids is 3. The first kappa shape index (κ1) is 16.7. The van der Waals surface area contributed by atoms with Crippen LogP contribution in [0.1, 0.15) is 44.0 Å². The van der Waals surface area contributed by atoms with Gasteiger partial charge in [0.2, 0.25) is 0 Å². The highest BCUT2D eigenvalue weighted by atomic mass is 35.5. The van der Waals surface area contributed by atoms with E-state index < -0.39 is 0 Å². The van der Waals surface area contributed by atoms with Crippen molar-refractivity contribution in [3.8, 4) is 0 Å². The monoisotopic (exact) mass is 369 g/mol. The van der Waals surface area contributed by atoms with Gasteiger partial charge < -0.3 is 4.90 Å². The zero-order valence-corrected chi connectivity index (χ0v) is 14.6. The fourth-order valence-corrected chi connectivity index (χ4v) is 3.64. The number of nitrogens with zero attached hydrogens (tertiary/aromatic N) is 3. The third-order valence-corrected chi connectivity index (χ3v) is 5.14. The van der Waals surface area contributed by atoms with Crippen LogP contribution < -0.4 is 0 Å². The van der Waals surface area contributed by atoms with E-state index in [0.29, 0.717) is 42.1 Å². The van der Waals surface area contributed by atoms with Crippen LogP contribution in [0.5, 0.6) is 0 Å². The van der Waals surface area contributed by atoms with Crippen LogP contribution in [0.2, 0.25) is 5.02 Å². The van der Waals surface area contributed by atoms with Gasteiger partial charge in [-0.15, -0.1) is 0 Å². The highest BCUT2D eigenvalue weighted by Crippen LogP contribution is 2.27. The van der Waals surface area contributed by atoms with Crippen molar-refractivity contribution in [3.05, 3.63) is 64.4 Å². The van der Waals surface area contributed by atoms with Gasteiger partial charge in [-0.25, -0.2) is 0 Å². The van der Waals surface area contributed by atoms with E-state index in [-0.39, 0.29) is 29.5 Å². The molecule has 4 rings (SSSR count). The number of likely N-dealkylation sites (tertiary alicyclic amines) is 1. The number of halogens is 1. The van der Waals surface area contributed by atoms with Gasteiger partial charge in [-0.3, -0.25) is 24.3 Å². The van der Waals surface area contributed by atoms with Crippen LogP contribution in [0.4, 0.5) is 0 Å². The Balaban J connectivity index is 1.44. The Kier molecular flexibility index (Phi) is 4.20. The van der Waals surface area contributed by atoms with E-state index in [0.717, 1.165) is 0 Å². The number of benzene rings is 1. The summed E-state index contributed by atoms with van der Waals surface area (Å²) >= 11 is 5.86. The van der Waals surface area contributed by atoms with Gasteiger partial charge in [-0.1, -0.05) is 11.6 Å². The van der Waals surface area contributed by atoms with E-state index in [1.54, 1.807) is 41.3 Å². The van der Waals surface area contributed by atoms with Crippen molar-refractivity contribution in [2.45, 2.75) is 18.9 Å². The molecule has 0 saturated carbocycles. The molecule has 0 N–H and O–H groups in total. The van der Waals surface area contributed by atoms with E-state index >= 15 is 0 Å². The van der Waals surface area contributed by atoms with Gasteiger partial charge in [0, 0.05) is 35.9 Å². The van der Waals surface area contributed by atoms with E-state index in [2.05, 4.69) is 4.98 Å². The second-order valence-electron chi connectivity index (χ2n) is 6.41. The van der Waals surface area contributed by atoms with Crippen LogP contribution in [0.15, 0.2) is 42.6 Å². The SMILES string of the molecule is O=C(c1ccc(Cl)cc1)N1CCC(N2C(=O)c3cccnc3C2=O)CC1. The van der Waals surface area contributed by atoms with Crippen LogP contribution in [0.25, 0.3) is 0 Å². The Morgan fingerprint density at radius 1 is 1.04 bits per heavy atom. The number of hydrogen-bond donors (Lipinski definition) is 0. The number of hydrogen-bond acceptors (Lipinski definition) is 4. The summed E-state index contributed by atoms with van der Waals surface area (Å²) < 4.78 is 0. The number of pyridine rings is 1. The Morgan fingerprint density at radius 2 is 1.73 bits per heavy atom. The van der Waals surface area contributed by atoms with Crippen molar-refractivity contribution >= 4 is 29.3 Å². The minimum absolute atomic E-state index is 0.0656. The van der Waals surface area contributed by atoms with Gasteiger partial charge in [-0.05, 0) is 49.2 Å². The maximum Gasteiger partial charge on any atom is 0.280 e. The zero-order chi connectivity index (χ0) is 18.3. The number of carbonyl (C=O) groups is 3. The highest BCUT2D eigenvalue weighted by Gasteiger charge is 2.42. The normalized spacial score (nSPS) is 17.6. The highest BCUT2D eigenvalue weighted by molar-refractivity contribution is 6.30. The molecule has 2 aliphatic rings. The zero-order valence-electron chi connectivity index (χ0n) is 13.9. The summed E-state index contributed by atoms with van der Waals surface area (Å²) in [4.78, 5) is 44.7. The maximum atomic E-state index is 12.6. The molecule has 26 heavy (non-hydrogen) atoms. The van der Waals surface area contributed by atoms with Gasteiger partial charge in [0.05, 0.1) is 5.56 Å². The lowest BCUT2D eigenvalue weighted by atomic mass is 10.0. The fourth-order valence-electron chi connectivity index (χ4n) is 3.52. The molecule has 1 aromatic heterocycles. The predicted octanol–water partition coefficient (Wildman–Crippen LogP) is 2.64. The van der Waals surface area contributed by atoms with Crippen molar-refractivity contribution in [1.82, 2.24) is 14.8 Å². The number of amides is 3. The average Bonchev–Trinajstić information content (AvgIpc) is 2.93. The number of rotatable bonds is 2. The Labute approximate surface area is 155 Å². The molecule has 2 aromatic rings. The molecular weight excluding hydrogens is 354 g/mol. The van der Waals surface area contributed by atoms with Crippen molar-refractivity contribution in [3.63, 3.8) is 0 Å². The van der Waals surface area contributed by atoms with Crippen molar-refractivity contribution in [1.29, 1.82) is 0 Å². The lowest BCUT2D eigenvalue weighted by Crippen LogP contribution is -2.48. The fraction of sp³-hybridized carbons (Fsp3) is 0.263. The standard InChI is InChI=1S/C19H16ClN3O3/c20-13-5-3-12(4-6-13)17(24)22-10-7-14(8-11-22)23-18(25)15-2-1-9-21-16(15)19(23)26/h1-6,9,14H,7-8,10-11H2. The Morgan fingerprint density at radius 3 is 2.38 bits per heavy atom. The van der Waals surface area contributed by atoms with E-state index in [1.165, 1.54) is 11.1 Å². The topological polar surface area (TPSA) is 70.6 Å². The summed E-state index contributed by atoms with van der Waals surface area (Å²) in [6.45, 7) is 0.986. The molecule has 6 nitrogen and oxygen atoms in total. The molecule has 3 heterocycles. The van der Waals surface area contributed by atoms with Gasteiger partial charge in [-0.2, -0.15) is 0 Å². The minimum Gasteiger partial charge on any atom is -0.338 e. The average molecular weight is 370 g/mol. The predicted molar refractivity (Wildman–Crippen MR) is 95.1 cm³/mol. The molecule has 0 bridgehead atoms. The van der Waals surface area contributed by atoms with Gasteiger partial charge >= 0.3 is 0 Å². The molecule has 1 fully saturated rings. The quantitative estimate of drug-likeness (QED) is 0.763. The summed E-state index contributed by atoms with van der Waals surface area (Å²) in [6, 6.07) is 9.85. The van der Waals surface area contributed by atoms with Crippen molar-refractivity contribution in [2.24, 2.45) is 0 Å². The van der Waals surface area contributed by atoms with E-state index in [4.69, 9.17) is 11.6 Å². The van der Waals surface area contributed by atoms with Crippen LogP contribution in [-0.4, -0.2) is 51.6 Å². The number of fused-ring (bicyclic) bond motifs is 1. The second kappa shape index (κ2) is 6.53. The maximum absolute atomic E-state index is 12.6. The molecule has 0 atom stereocenters. The molecular formula is C19H16ClN3O3. The molecule has 0 aliphatic carbocycles. The number of piperidine rings is 1. The van der Waals surface area contributed by atoms with Gasteiger partial charge in [0.1, 0.15) is 5.69 Å². The lowest BCUT2D eigenvalue weighted by Gasteiger charge is -2.35. The van der Waals surface area contributed by atoms with Gasteiger partial charge in [0.15, 0.2) is 0 Å².